The maximum atomic E-state index is 5.88. The van der Waals surface area contributed by atoms with E-state index in [1.807, 2.05) is 0 Å². The van der Waals surface area contributed by atoms with E-state index in [0.717, 1.165) is 31.6 Å². The Balaban J connectivity index is 1.49. The molecular formula is C35H28N2O. The van der Waals surface area contributed by atoms with E-state index in [9.17, 15) is 0 Å². The zero-order chi connectivity index (χ0) is 24.8. The Kier molecular flexibility index (Phi) is 4.18. The van der Waals surface area contributed by atoms with Crippen LogP contribution in [0.15, 0.2) is 66.7 Å². The third kappa shape index (κ3) is 2.79. The fourth-order valence-electron chi connectivity index (χ4n) is 7.31. The molecule has 2 N–H and O–H groups in total. The molecule has 0 bridgehead atoms. The number of ether oxygens (including phenoxy) is 1. The molecule has 0 fully saturated rings. The van der Waals surface area contributed by atoms with Crippen molar-refractivity contribution in [3.63, 3.8) is 0 Å². The molecule has 3 heteroatoms. The lowest BCUT2D eigenvalue weighted by Crippen LogP contribution is -1.92. The molecule has 6 aromatic rings. The first-order chi connectivity index (χ1) is 18.8. The molecule has 3 heterocycles. The fraction of sp³-hybridized carbons (Fsp3) is 0.200. The van der Waals surface area contributed by atoms with E-state index in [2.05, 4.69) is 82.8 Å². The number of allylic oxidation sites excluding steroid dienone is 1. The number of rotatable bonds is 2. The van der Waals surface area contributed by atoms with Crippen LogP contribution in [0.25, 0.3) is 61.0 Å². The summed E-state index contributed by atoms with van der Waals surface area (Å²) in [6.45, 7) is 0.773. The van der Waals surface area contributed by atoms with E-state index in [0.29, 0.717) is 0 Å². The first-order valence-electron chi connectivity index (χ1n) is 14.0. The second-order valence-electron chi connectivity index (χ2n) is 11.1. The zero-order valence-electron chi connectivity index (χ0n) is 21.3. The van der Waals surface area contributed by atoms with E-state index in [1.54, 1.807) is 0 Å². The molecule has 2 aliphatic carbocycles. The van der Waals surface area contributed by atoms with Crippen LogP contribution in [0.3, 0.4) is 0 Å². The first-order valence-corrected chi connectivity index (χ1v) is 14.0. The summed E-state index contributed by atoms with van der Waals surface area (Å²) < 4.78 is 5.88. The number of H-pyrrole nitrogens is 2. The van der Waals surface area contributed by atoms with Gasteiger partial charge in [0.25, 0.3) is 0 Å². The summed E-state index contributed by atoms with van der Waals surface area (Å²) in [6, 6.07) is 22.8. The van der Waals surface area contributed by atoms with Crippen LogP contribution in [0.1, 0.15) is 40.8 Å². The molecule has 0 amide bonds. The molecule has 2 aromatic heterocycles. The smallest absolute Gasteiger partial charge is 0.122 e. The number of hydrogen-bond donors (Lipinski definition) is 2. The van der Waals surface area contributed by atoms with E-state index in [1.165, 1.54) is 102 Å². The van der Waals surface area contributed by atoms with Crippen LogP contribution in [0.5, 0.6) is 5.75 Å². The largest absolute Gasteiger partial charge is 0.493 e. The summed E-state index contributed by atoms with van der Waals surface area (Å²) in [7, 11) is 0. The maximum absolute atomic E-state index is 5.88. The van der Waals surface area contributed by atoms with E-state index < -0.39 is 0 Å². The molecule has 9 rings (SSSR count). The molecule has 38 heavy (non-hydrogen) atoms. The number of aryl methyl sites for hydroxylation is 3. The second kappa shape index (κ2) is 7.64. The van der Waals surface area contributed by atoms with Crippen molar-refractivity contribution in [2.75, 3.05) is 6.61 Å². The lowest BCUT2D eigenvalue weighted by Gasteiger charge is -2.15. The molecule has 3 nitrogen and oxygen atoms in total. The number of para-hydroxylation sites is 1. The zero-order valence-corrected chi connectivity index (χ0v) is 21.3. The minimum atomic E-state index is 0.773. The van der Waals surface area contributed by atoms with Gasteiger partial charge in [-0.25, -0.2) is 0 Å². The molecular weight excluding hydrogens is 464 g/mol. The predicted molar refractivity (Wildman–Crippen MR) is 157 cm³/mol. The van der Waals surface area contributed by atoms with Gasteiger partial charge in [-0.1, -0.05) is 54.6 Å². The number of benzene rings is 4. The molecule has 1 aliphatic heterocycles. The highest BCUT2D eigenvalue weighted by Crippen LogP contribution is 2.49. The van der Waals surface area contributed by atoms with Crippen molar-refractivity contribution in [3.8, 4) is 28.0 Å². The average molecular weight is 493 g/mol. The molecule has 3 aliphatic rings. The Morgan fingerprint density at radius 1 is 0.684 bits per heavy atom. The van der Waals surface area contributed by atoms with Crippen molar-refractivity contribution >= 4 is 38.8 Å². The maximum Gasteiger partial charge on any atom is 0.122 e. The third-order valence-corrected chi connectivity index (χ3v) is 9.04. The van der Waals surface area contributed by atoms with Crippen molar-refractivity contribution in [1.82, 2.24) is 9.97 Å². The molecule has 0 spiro atoms. The van der Waals surface area contributed by atoms with E-state index in [4.69, 9.17) is 4.74 Å². The summed E-state index contributed by atoms with van der Waals surface area (Å²) in [5.41, 5.74) is 16.0. The lowest BCUT2D eigenvalue weighted by molar-refractivity contribution is 0.357. The molecule has 0 saturated carbocycles. The van der Waals surface area contributed by atoms with Crippen LogP contribution < -0.4 is 4.74 Å². The van der Waals surface area contributed by atoms with Gasteiger partial charge in [-0.2, -0.15) is 0 Å². The van der Waals surface area contributed by atoms with Crippen LogP contribution in [-0.2, 0) is 25.7 Å². The van der Waals surface area contributed by atoms with Crippen LogP contribution >= 0.6 is 0 Å². The van der Waals surface area contributed by atoms with Crippen LogP contribution in [0, 0.1) is 0 Å². The van der Waals surface area contributed by atoms with Crippen molar-refractivity contribution in [2.24, 2.45) is 0 Å². The van der Waals surface area contributed by atoms with E-state index in [-0.39, 0.29) is 0 Å². The monoisotopic (exact) mass is 492 g/mol. The van der Waals surface area contributed by atoms with Crippen molar-refractivity contribution in [3.05, 3.63) is 94.7 Å². The van der Waals surface area contributed by atoms with Gasteiger partial charge in [0.1, 0.15) is 5.75 Å². The van der Waals surface area contributed by atoms with Gasteiger partial charge < -0.3 is 14.7 Å². The summed E-state index contributed by atoms with van der Waals surface area (Å²) in [5, 5.41) is 3.94. The number of fused-ring (bicyclic) bond motifs is 8. The van der Waals surface area contributed by atoms with Crippen molar-refractivity contribution < 1.29 is 4.74 Å². The summed E-state index contributed by atoms with van der Waals surface area (Å²) >= 11 is 0. The van der Waals surface area contributed by atoms with Gasteiger partial charge in [0.05, 0.1) is 17.6 Å². The predicted octanol–water partition coefficient (Wildman–Crippen LogP) is 8.52. The minimum Gasteiger partial charge on any atom is -0.493 e. The standard InChI is InChI=1S/C35H28N2O/c1-3-10-27-25(8-1)32-30(23-13-12-20-6-5-7-21(20)18-23)34-33(26-9-2-4-11-28(26)36-34)31(35(32)37-27)24-14-15-29-22(19-24)16-17-38-29/h1-2,4,8-9,11-15,18-19,36-37H,3,5-7,10,16-17H2. The Morgan fingerprint density at radius 2 is 1.50 bits per heavy atom. The van der Waals surface area contributed by atoms with Gasteiger partial charge in [-0.3, -0.25) is 0 Å². The SMILES string of the molecule is C1=Cc2c([nH]c3c(-c4ccc5c(c4)CCO5)c4c([nH]c5ccccc54)c(-c4ccc5c(c4)CCC5)c23)CC1. The quantitative estimate of drug-likeness (QED) is 0.250. The first kappa shape index (κ1) is 20.8. The highest BCUT2D eigenvalue weighted by Gasteiger charge is 2.27. The van der Waals surface area contributed by atoms with Crippen LogP contribution in [0.2, 0.25) is 0 Å². The highest BCUT2D eigenvalue weighted by atomic mass is 16.5. The molecule has 0 unspecified atom stereocenters. The lowest BCUT2D eigenvalue weighted by atomic mass is 9.87. The highest BCUT2D eigenvalue weighted by molar-refractivity contribution is 6.28. The second-order valence-corrected chi connectivity index (χ2v) is 11.1. The Hall–Kier alpha value is -4.24. The Bertz CT molecular complexity index is 1980. The molecule has 0 radical (unpaired) electrons. The number of aromatic amines is 2. The summed E-state index contributed by atoms with van der Waals surface area (Å²) in [6.07, 6.45) is 11.4. The third-order valence-electron chi connectivity index (χ3n) is 9.04. The van der Waals surface area contributed by atoms with Gasteiger partial charge in [-0.15, -0.1) is 0 Å². The normalized spacial score (nSPS) is 15.8. The number of nitrogens with one attached hydrogen (secondary N) is 2. The van der Waals surface area contributed by atoms with Crippen molar-refractivity contribution in [1.29, 1.82) is 0 Å². The average Bonchev–Trinajstić information content (AvgIpc) is 3.75. The van der Waals surface area contributed by atoms with Crippen LogP contribution in [-0.4, -0.2) is 16.6 Å². The Labute approximate surface area is 221 Å². The van der Waals surface area contributed by atoms with Gasteiger partial charge in [0.2, 0.25) is 0 Å². The Morgan fingerprint density at radius 3 is 2.47 bits per heavy atom. The molecule has 4 aromatic carbocycles. The van der Waals surface area contributed by atoms with Crippen LogP contribution in [0.4, 0.5) is 0 Å². The van der Waals surface area contributed by atoms with Gasteiger partial charge in [-0.05, 0) is 78.1 Å². The molecule has 184 valence electrons. The molecule has 0 saturated heterocycles. The van der Waals surface area contributed by atoms with Crippen molar-refractivity contribution in [2.45, 2.75) is 38.5 Å². The van der Waals surface area contributed by atoms with Gasteiger partial charge >= 0.3 is 0 Å². The fourth-order valence-corrected chi connectivity index (χ4v) is 7.31. The van der Waals surface area contributed by atoms with Gasteiger partial charge in [0.15, 0.2) is 0 Å². The summed E-state index contributed by atoms with van der Waals surface area (Å²) in [4.78, 5) is 7.86. The minimum absolute atomic E-state index is 0.773. The summed E-state index contributed by atoms with van der Waals surface area (Å²) in [5.74, 6) is 1.03. The topological polar surface area (TPSA) is 40.8 Å². The van der Waals surface area contributed by atoms with E-state index >= 15 is 0 Å². The molecule has 0 atom stereocenters. The number of aromatic nitrogens is 2. The van der Waals surface area contributed by atoms with Gasteiger partial charge in [0, 0.05) is 50.5 Å². The number of hydrogen-bond acceptors (Lipinski definition) is 1.